The Morgan fingerprint density at radius 3 is 1.79 bits per heavy atom. The lowest BCUT2D eigenvalue weighted by Crippen LogP contribution is -2.42. The third-order valence-electron chi connectivity index (χ3n) is 4.12. The topological polar surface area (TPSA) is 63.6 Å². The van der Waals surface area contributed by atoms with Crippen molar-refractivity contribution in [2.75, 3.05) is 27.7 Å². The first-order chi connectivity index (χ1) is 15.7. The van der Waals surface area contributed by atoms with Crippen molar-refractivity contribution in [3.63, 3.8) is 0 Å². The second kappa shape index (κ2) is 20.0. The van der Waals surface area contributed by atoms with Crippen LogP contribution in [0.4, 0.5) is 0 Å². The Hall–Kier alpha value is -2.68. The van der Waals surface area contributed by atoms with Gasteiger partial charge in [-0.1, -0.05) is 79.5 Å². The van der Waals surface area contributed by atoms with Crippen LogP contribution in [0.15, 0.2) is 60.8 Å². The molecule has 0 radical (unpaired) electrons. The maximum atomic E-state index is 11.7. The Balaban J connectivity index is 3.84. The van der Waals surface area contributed by atoms with Crippen molar-refractivity contribution < 1.29 is 23.9 Å². The molecule has 0 aliphatic carbocycles. The number of aliphatic hydroxyl groups excluding tert-OH is 1. The lowest BCUT2D eigenvalue weighted by Gasteiger charge is -2.26. The number of nitrogens with zero attached hydrogens (tertiary/aromatic N) is 1. The summed E-state index contributed by atoms with van der Waals surface area (Å²) in [6.07, 6.45) is 24.5. The number of hydrogen-bond donors (Lipinski definition) is 1. The highest BCUT2D eigenvalue weighted by molar-refractivity contribution is 5.86. The molecule has 0 saturated heterocycles. The predicted octanol–water partition coefficient (Wildman–Crippen LogP) is 5.05. The Morgan fingerprint density at radius 2 is 1.27 bits per heavy atom. The lowest BCUT2D eigenvalue weighted by atomic mass is 10.2. The van der Waals surface area contributed by atoms with Gasteiger partial charge in [-0.25, -0.2) is 0 Å². The van der Waals surface area contributed by atoms with E-state index >= 15 is 0 Å². The Kier molecular flexibility index (Phi) is 18.3. The number of hydrogen-bond acceptors (Lipinski definition) is 4. The summed E-state index contributed by atoms with van der Waals surface area (Å²) in [5.41, 5.74) is 0. The largest absolute Gasteiger partial charge is 0.393 e. The molecule has 182 valence electrons. The van der Waals surface area contributed by atoms with E-state index in [0.717, 1.165) is 32.1 Å². The van der Waals surface area contributed by atoms with Gasteiger partial charge >= 0.3 is 11.9 Å². The Labute approximate surface area is 200 Å². The molecule has 0 bridgehead atoms. The third kappa shape index (κ3) is 23.8. The zero-order chi connectivity index (χ0) is 24.8. The third-order valence-corrected chi connectivity index (χ3v) is 4.12. The number of allylic oxidation sites excluding steroid dienone is 9. The van der Waals surface area contributed by atoms with Crippen LogP contribution in [-0.4, -0.2) is 55.3 Å². The fourth-order valence-electron chi connectivity index (χ4n) is 2.69. The quantitative estimate of drug-likeness (QED) is 0.123. The van der Waals surface area contributed by atoms with Crippen molar-refractivity contribution in [3.8, 4) is 11.8 Å². The highest BCUT2D eigenvalue weighted by Crippen LogP contribution is 2.02. The molecule has 0 aromatic heterocycles. The van der Waals surface area contributed by atoms with Crippen molar-refractivity contribution >= 4 is 11.9 Å². The molecule has 0 saturated carbocycles. The number of quaternary nitrogens is 1. The van der Waals surface area contributed by atoms with Gasteiger partial charge in [0.05, 0.1) is 34.0 Å². The van der Waals surface area contributed by atoms with Crippen LogP contribution in [0.5, 0.6) is 0 Å². The molecule has 1 atom stereocenters. The fourth-order valence-corrected chi connectivity index (χ4v) is 2.69. The molecule has 0 amide bonds. The van der Waals surface area contributed by atoms with Crippen LogP contribution in [0.2, 0.25) is 0 Å². The molecule has 0 fully saturated rings. The van der Waals surface area contributed by atoms with Gasteiger partial charge in [-0.05, 0) is 25.7 Å². The first-order valence-electron chi connectivity index (χ1n) is 11.7. The van der Waals surface area contributed by atoms with Crippen LogP contribution in [0.25, 0.3) is 0 Å². The minimum Gasteiger partial charge on any atom is -0.393 e. The van der Waals surface area contributed by atoms with E-state index in [2.05, 4.69) is 61.3 Å². The maximum absolute atomic E-state index is 11.7. The van der Waals surface area contributed by atoms with Crippen LogP contribution in [-0.2, 0) is 14.3 Å². The van der Waals surface area contributed by atoms with Gasteiger partial charge in [0, 0.05) is 12.8 Å². The second-order valence-corrected chi connectivity index (χ2v) is 8.62. The molecule has 0 aliphatic heterocycles. The molecular formula is C28H42NO4+. The van der Waals surface area contributed by atoms with E-state index in [1.807, 2.05) is 33.3 Å². The lowest BCUT2D eigenvalue weighted by molar-refractivity contribution is -0.873. The molecule has 0 aliphatic rings. The van der Waals surface area contributed by atoms with Gasteiger partial charge in [0.2, 0.25) is 0 Å². The standard InChI is InChI=1S/C28H42NO4/c1-5-6-7-8-9-10-11-12-13-14-15-16-17-18-19-20-21-22-23-27(31)33-28(32)24-26(30)25-29(2,3)4/h6-7,9-10,15-16,18-19,21-22,26,30H,5,8,11,14,17,20,23-25H2,1-4H3/q+1/b7-6-,10-9-,16-15-,19-18-,22-21-. The molecule has 1 N–H and O–H groups in total. The number of rotatable bonds is 15. The van der Waals surface area contributed by atoms with Gasteiger partial charge in [-0.15, -0.1) is 0 Å². The summed E-state index contributed by atoms with van der Waals surface area (Å²) in [5.74, 6) is 4.96. The molecular weight excluding hydrogens is 414 g/mol. The number of aliphatic hydroxyl groups is 1. The average Bonchev–Trinajstić information content (AvgIpc) is 2.71. The second-order valence-electron chi connectivity index (χ2n) is 8.62. The fraction of sp³-hybridized carbons (Fsp3) is 0.500. The van der Waals surface area contributed by atoms with Crippen molar-refractivity contribution in [1.29, 1.82) is 0 Å². The minimum absolute atomic E-state index is 0.0359. The van der Waals surface area contributed by atoms with Gasteiger partial charge in [-0.3, -0.25) is 9.59 Å². The highest BCUT2D eigenvalue weighted by Gasteiger charge is 2.20. The normalized spacial score (nSPS) is 13.4. The summed E-state index contributed by atoms with van der Waals surface area (Å²) in [6, 6.07) is 0. The van der Waals surface area contributed by atoms with Crippen LogP contribution in [0, 0.1) is 11.8 Å². The number of ether oxygens (including phenoxy) is 1. The van der Waals surface area contributed by atoms with Crippen molar-refractivity contribution in [1.82, 2.24) is 0 Å². The molecule has 5 heteroatoms. The van der Waals surface area contributed by atoms with Crippen molar-refractivity contribution in [2.45, 2.75) is 64.4 Å². The summed E-state index contributed by atoms with van der Waals surface area (Å²) >= 11 is 0. The van der Waals surface area contributed by atoms with E-state index in [9.17, 15) is 14.7 Å². The highest BCUT2D eigenvalue weighted by atomic mass is 16.6. The number of esters is 2. The molecule has 0 heterocycles. The van der Waals surface area contributed by atoms with Crippen LogP contribution >= 0.6 is 0 Å². The summed E-state index contributed by atoms with van der Waals surface area (Å²) in [5, 5.41) is 9.84. The summed E-state index contributed by atoms with van der Waals surface area (Å²) in [6.45, 7) is 2.54. The smallest absolute Gasteiger partial charge is 0.317 e. The number of carbonyl (C=O) groups excluding carboxylic acids is 2. The van der Waals surface area contributed by atoms with Gasteiger partial charge in [0.15, 0.2) is 0 Å². The van der Waals surface area contributed by atoms with Gasteiger partial charge in [0.1, 0.15) is 12.6 Å². The van der Waals surface area contributed by atoms with Gasteiger partial charge < -0.3 is 14.3 Å². The average molecular weight is 457 g/mol. The summed E-state index contributed by atoms with van der Waals surface area (Å²) < 4.78 is 5.25. The van der Waals surface area contributed by atoms with E-state index in [-0.39, 0.29) is 12.8 Å². The SMILES string of the molecule is CC/C=C\C/C=C\CC#CC/C=C\C/C=C\C/C=C\CC(=O)OC(=O)CC(O)C[N+](C)(C)C. The monoisotopic (exact) mass is 456 g/mol. The molecule has 0 aromatic carbocycles. The van der Waals surface area contributed by atoms with E-state index in [1.54, 1.807) is 6.08 Å². The first-order valence-corrected chi connectivity index (χ1v) is 11.7. The van der Waals surface area contributed by atoms with E-state index in [4.69, 9.17) is 4.74 Å². The van der Waals surface area contributed by atoms with Crippen LogP contribution in [0.3, 0.4) is 0 Å². The zero-order valence-corrected chi connectivity index (χ0v) is 20.8. The molecule has 0 rings (SSSR count). The Bertz CT molecular complexity index is 755. The minimum atomic E-state index is -0.827. The van der Waals surface area contributed by atoms with E-state index in [0.29, 0.717) is 17.4 Å². The molecule has 0 spiro atoms. The van der Waals surface area contributed by atoms with Crippen molar-refractivity contribution in [2.24, 2.45) is 0 Å². The van der Waals surface area contributed by atoms with E-state index < -0.39 is 18.0 Å². The van der Waals surface area contributed by atoms with E-state index in [1.165, 1.54) is 0 Å². The van der Waals surface area contributed by atoms with Gasteiger partial charge in [-0.2, -0.15) is 0 Å². The molecule has 5 nitrogen and oxygen atoms in total. The van der Waals surface area contributed by atoms with Crippen LogP contribution in [0.1, 0.15) is 58.3 Å². The van der Waals surface area contributed by atoms with Gasteiger partial charge in [0.25, 0.3) is 0 Å². The molecule has 33 heavy (non-hydrogen) atoms. The first kappa shape index (κ1) is 30.3. The summed E-state index contributed by atoms with van der Waals surface area (Å²) in [7, 11) is 5.75. The maximum Gasteiger partial charge on any atom is 0.317 e. The number of likely N-dealkylation sites (N-methyl/N-ethyl adjacent to an activating group) is 1. The molecule has 1 unspecified atom stereocenters. The summed E-state index contributed by atoms with van der Waals surface area (Å²) in [4.78, 5) is 23.3. The number of carbonyl (C=O) groups is 2. The zero-order valence-electron chi connectivity index (χ0n) is 20.8. The van der Waals surface area contributed by atoms with Crippen LogP contribution < -0.4 is 0 Å². The predicted molar refractivity (Wildman–Crippen MR) is 136 cm³/mol. The molecule has 0 aromatic rings. The Morgan fingerprint density at radius 1 is 0.788 bits per heavy atom. The van der Waals surface area contributed by atoms with Crippen molar-refractivity contribution in [3.05, 3.63) is 60.8 Å².